The van der Waals surface area contributed by atoms with Crippen LogP contribution in [0.1, 0.15) is 31.2 Å². The van der Waals surface area contributed by atoms with Crippen molar-refractivity contribution in [2.24, 2.45) is 0 Å². The van der Waals surface area contributed by atoms with Crippen LogP contribution < -0.4 is 5.32 Å². The zero-order valence-electron chi connectivity index (χ0n) is 10.7. The number of amides is 1. The minimum absolute atomic E-state index is 0.191. The standard InChI is InChI=1S/C13H19NO2S/c1-9-7-8-17-11(9)5-6-12(16)14-13(3,4)10(2)15/h5-8,10,15H,1-4H3,(H,14,16)/b6-5+. The fraction of sp³-hybridized carbons (Fsp3) is 0.462. The van der Waals surface area contributed by atoms with Crippen LogP contribution in [0.15, 0.2) is 17.5 Å². The summed E-state index contributed by atoms with van der Waals surface area (Å²) < 4.78 is 0. The Kier molecular flexibility index (Phi) is 4.48. The number of carbonyl (C=O) groups excluding carboxylic acids is 1. The van der Waals surface area contributed by atoms with Crippen molar-refractivity contribution in [3.63, 3.8) is 0 Å². The van der Waals surface area contributed by atoms with E-state index in [1.165, 1.54) is 6.08 Å². The number of thiophene rings is 1. The number of hydrogen-bond donors (Lipinski definition) is 2. The minimum atomic E-state index is -0.619. The highest BCUT2D eigenvalue weighted by Crippen LogP contribution is 2.17. The molecule has 3 nitrogen and oxygen atoms in total. The van der Waals surface area contributed by atoms with Gasteiger partial charge in [-0.05, 0) is 50.8 Å². The molecule has 1 unspecified atom stereocenters. The Balaban J connectivity index is 2.62. The SMILES string of the molecule is Cc1ccsc1/C=C/C(=O)NC(C)(C)C(C)O. The monoisotopic (exact) mass is 253 g/mol. The molecule has 1 aromatic heterocycles. The molecule has 0 spiro atoms. The molecule has 17 heavy (non-hydrogen) atoms. The number of rotatable bonds is 4. The van der Waals surface area contributed by atoms with E-state index in [9.17, 15) is 9.90 Å². The highest BCUT2D eigenvalue weighted by molar-refractivity contribution is 7.11. The molecule has 1 atom stereocenters. The van der Waals surface area contributed by atoms with Crippen molar-refractivity contribution in [2.75, 3.05) is 0 Å². The van der Waals surface area contributed by atoms with E-state index in [-0.39, 0.29) is 5.91 Å². The lowest BCUT2D eigenvalue weighted by Gasteiger charge is -2.28. The molecule has 1 amide bonds. The molecular weight excluding hydrogens is 234 g/mol. The van der Waals surface area contributed by atoms with Crippen LogP contribution >= 0.6 is 11.3 Å². The molecule has 0 aliphatic rings. The molecular formula is C13H19NO2S. The molecule has 4 heteroatoms. The number of aliphatic hydroxyl groups is 1. The molecule has 1 heterocycles. The first-order valence-corrected chi connectivity index (χ1v) is 6.43. The number of hydrogen-bond acceptors (Lipinski definition) is 3. The third-order valence-corrected chi connectivity index (χ3v) is 3.76. The van der Waals surface area contributed by atoms with Gasteiger partial charge in [0.25, 0.3) is 0 Å². The smallest absolute Gasteiger partial charge is 0.244 e. The maximum Gasteiger partial charge on any atom is 0.244 e. The summed E-state index contributed by atoms with van der Waals surface area (Å²) in [6.07, 6.45) is 2.71. The maximum atomic E-state index is 11.7. The van der Waals surface area contributed by atoms with Gasteiger partial charge < -0.3 is 10.4 Å². The molecule has 1 aromatic rings. The maximum absolute atomic E-state index is 11.7. The fourth-order valence-corrected chi connectivity index (χ4v) is 1.99. The van der Waals surface area contributed by atoms with Crippen molar-refractivity contribution in [2.45, 2.75) is 39.3 Å². The van der Waals surface area contributed by atoms with Crippen molar-refractivity contribution in [1.29, 1.82) is 0 Å². The second-order valence-corrected chi connectivity index (χ2v) is 5.64. The van der Waals surface area contributed by atoms with E-state index in [2.05, 4.69) is 5.32 Å². The van der Waals surface area contributed by atoms with Gasteiger partial charge in [0, 0.05) is 11.0 Å². The molecule has 0 radical (unpaired) electrons. The van der Waals surface area contributed by atoms with Crippen LogP contribution in [0.2, 0.25) is 0 Å². The second-order valence-electron chi connectivity index (χ2n) is 4.69. The summed E-state index contributed by atoms with van der Waals surface area (Å²) in [7, 11) is 0. The van der Waals surface area contributed by atoms with Crippen LogP contribution in [0.3, 0.4) is 0 Å². The predicted molar refractivity (Wildman–Crippen MR) is 72.0 cm³/mol. The lowest BCUT2D eigenvalue weighted by Crippen LogP contribution is -2.50. The van der Waals surface area contributed by atoms with E-state index in [0.29, 0.717) is 0 Å². The van der Waals surface area contributed by atoms with E-state index < -0.39 is 11.6 Å². The van der Waals surface area contributed by atoms with Gasteiger partial charge in [-0.25, -0.2) is 0 Å². The van der Waals surface area contributed by atoms with E-state index in [1.807, 2.05) is 18.4 Å². The summed E-state index contributed by atoms with van der Waals surface area (Å²) in [4.78, 5) is 12.7. The van der Waals surface area contributed by atoms with Gasteiger partial charge in [-0.3, -0.25) is 4.79 Å². The minimum Gasteiger partial charge on any atom is -0.391 e. The van der Waals surface area contributed by atoms with E-state index in [1.54, 1.807) is 38.2 Å². The molecule has 0 aromatic carbocycles. The molecule has 0 saturated heterocycles. The largest absolute Gasteiger partial charge is 0.391 e. The van der Waals surface area contributed by atoms with Gasteiger partial charge in [-0.1, -0.05) is 0 Å². The quantitative estimate of drug-likeness (QED) is 0.809. The highest BCUT2D eigenvalue weighted by Gasteiger charge is 2.24. The first-order chi connectivity index (χ1) is 7.83. The molecule has 0 aliphatic carbocycles. The van der Waals surface area contributed by atoms with Gasteiger partial charge in [-0.15, -0.1) is 11.3 Å². The molecule has 0 aliphatic heterocycles. The number of aryl methyl sites for hydroxylation is 1. The number of aliphatic hydroxyl groups excluding tert-OH is 1. The van der Waals surface area contributed by atoms with Crippen LogP contribution in [-0.4, -0.2) is 22.7 Å². The van der Waals surface area contributed by atoms with Crippen molar-refractivity contribution in [3.05, 3.63) is 28.0 Å². The normalized spacial score (nSPS) is 13.9. The summed E-state index contributed by atoms with van der Waals surface area (Å²) in [5.74, 6) is -0.191. The average molecular weight is 253 g/mol. The lowest BCUT2D eigenvalue weighted by atomic mass is 9.99. The zero-order valence-corrected chi connectivity index (χ0v) is 11.5. The Labute approximate surface area is 106 Å². The van der Waals surface area contributed by atoms with Gasteiger partial charge in [0.15, 0.2) is 0 Å². The number of carbonyl (C=O) groups is 1. The zero-order chi connectivity index (χ0) is 13.1. The average Bonchev–Trinajstić information content (AvgIpc) is 2.60. The van der Waals surface area contributed by atoms with Gasteiger partial charge >= 0.3 is 0 Å². The van der Waals surface area contributed by atoms with Gasteiger partial charge in [0.05, 0.1) is 11.6 Å². The molecule has 2 N–H and O–H groups in total. The summed E-state index contributed by atoms with van der Waals surface area (Å²) in [6, 6.07) is 2.02. The van der Waals surface area contributed by atoms with Gasteiger partial charge in [0.2, 0.25) is 5.91 Å². The van der Waals surface area contributed by atoms with E-state index in [4.69, 9.17) is 0 Å². The van der Waals surface area contributed by atoms with Crippen LogP contribution in [0, 0.1) is 6.92 Å². The third kappa shape index (κ3) is 3.98. The lowest BCUT2D eigenvalue weighted by molar-refractivity contribution is -0.119. The fourth-order valence-electron chi connectivity index (χ4n) is 1.17. The Morgan fingerprint density at radius 3 is 2.71 bits per heavy atom. The molecule has 1 rings (SSSR count). The van der Waals surface area contributed by atoms with Crippen LogP contribution in [0.25, 0.3) is 6.08 Å². The third-order valence-electron chi connectivity index (χ3n) is 2.78. The first kappa shape index (κ1) is 13.9. The molecule has 0 fully saturated rings. The highest BCUT2D eigenvalue weighted by atomic mass is 32.1. The number of nitrogens with one attached hydrogen (secondary N) is 1. The van der Waals surface area contributed by atoms with Crippen molar-refractivity contribution >= 4 is 23.3 Å². The van der Waals surface area contributed by atoms with E-state index in [0.717, 1.165) is 10.4 Å². The van der Waals surface area contributed by atoms with Crippen LogP contribution in [0.4, 0.5) is 0 Å². The predicted octanol–water partition coefficient (Wildman–Crippen LogP) is 2.35. The molecule has 94 valence electrons. The molecule has 0 saturated carbocycles. The van der Waals surface area contributed by atoms with Gasteiger partial charge in [0.1, 0.15) is 0 Å². The topological polar surface area (TPSA) is 49.3 Å². The van der Waals surface area contributed by atoms with Crippen molar-refractivity contribution in [1.82, 2.24) is 5.32 Å². The Morgan fingerprint density at radius 2 is 2.24 bits per heavy atom. The summed E-state index contributed by atoms with van der Waals surface area (Å²) in [5, 5.41) is 14.2. The van der Waals surface area contributed by atoms with Gasteiger partial charge in [-0.2, -0.15) is 0 Å². The summed E-state index contributed by atoms with van der Waals surface area (Å²) in [6.45, 7) is 7.25. The Bertz CT molecular complexity index is 419. The summed E-state index contributed by atoms with van der Waals surface area (Å²) in [5.41, 5.74) is 0.542. The van der Waals surface area contributed by atoms with E-state index >= 15 is 0 Å². The van der Waals surface area contributed by atoms with Crippen LogP contribution in [0.5, 0.6) is 0 Å². The van der Waals surface area contributed by atoms with Crippen LogP contribution in [-0.2, 0) is 4.79 Å². The second kappa shape index (κ2) is 5.47. The Hall–Kier alpha value is -1.13. The summed E-state index contributed by atoms with van der Waals surface area (Å²) >= 11 is 1.60. The van der Waals surface area contributed by atoms with Crippen molar-refractivity contribution < 1.29 is 9.90 Å². The first-order valence-electron chi connectivity index (χ1n) is 5.55. The van der Waals surface area contributed by atoms with Crippen molar-refractivity contribution in [3.8, 4) is 0 Å². The Morgan fingerprint density at radius 1 is 1.59 bits per heavy atom. The molecule has 0 bridgehead atoms.